The largest absolute Gasteiger partial charge is 0.480 e. The first kappa shape index (κ1) is 65.9. The van der Waals surface area contributed by atoms with E-state index in [0.29, 0.717) is 57.5 Å². The summed E-state index contributed by atoms with van der Waals surface area (Å²) in [6, 6.07) is 39.9. The molecule has 4 aromatic heterocycles. The molecule has 23 heteroatoms. The topological polar surface area (TPSA) is 271 Å². The molecule has 19 nitrogen and oxygen atoms in total. The number of rotatable bonds is 12. The second-order valence-corrected chi connectivity index (χ2v) is 18.6. The predicted octanol–water partition coefficient (Wildman–Crippen LogP) is 9.22. The molecule has 10 rings (SSSR count). The van der Waals surface area contributed by atoms with Gasteiger partial charge in [0.1, 0.15) is 42.2 Å². The van der Waals surface area contributed by atoms with Gasteiger partial charge in [-0.15, -0.1) is 12.4 Å². The van der Waals surface area contributed by atoms with E-state index in [1.54, 1.807) is 59.5 Å². The number of nitrogens with zero attached hydrogens (tertiary/aromatic N) is 9. The maximum Gasteiger partial charge on any atom is 0.325 e. The molecule has 0 saturated carbocycles. The zero-order valence-corrected chi connectivity index (χ0v) is 48.0. The number of aliphatic carboxylic acids is 1. The number of aromatic nitrogens is 6. The van der Waals surface area contributed by atoms with Crippen molar-refractivity contribution in [2.24, 2.45) is 0 Å². The van der Waals surface area contributed by atoms with Gasteiger partial charge in [-0.3, -0.25) is 38.1 Å². The highest BCUT2D eigenvalue weighted by atomic mass is 35.5. The quantitative estimate of drug-likeness (QED) is 0.0830. The SMILES string of the molecule is C.CC(=O)c1nn(CC(=O)N2CCC[C@H]2C(=O)Nc2cccc(C)n2)c2ccc(-c3cccc(C#N)c3)cc12.CC(=O)c1nn(CC(=O)O)c2ccc(-c3cccc(C#N)c3)cc12.Cc1cccc(NC(=O)[C@@H]2CCCN2)n1.Cl.S.S=S. The number of ketones is 2. The van der Waals surface area contributed by atoms with E-state index in [4.69, 9.17) is 10.4 Å². The van der Waals surface area contributed by atoms with Crippen molar-refractivity contribution in [3.8, 4) is 34.4 Å². The van der Waals surface area contributed by atoms with Gasteiger partial charge in [-0.2, -0.15) is 34.2 Å². The lowest BCUT2D eigenvalue weighted by molar-refractivity contribution is -0.138. The number of amides is 3. The van der Waals surface area contributed by atoms with Crippen molar-refractivity contribution in [3.05, 3.63) is 155 Å². The predicted molar refractivity (Wildman–Crippen MR) is 327 cm³/mol. The number of pyridine rings is 2. The average Bonchev–Trinajstić information content (AvgIpc) is 4.48. The van der Waals surface area contributed by atoms with Gasteiger partial charge in [0.05, 0.1) is 40.3 Å². The first-order valence-electron chi connectivity index (χ1n) is 25.0. The van der Waals surface area contributed by atoms with Gasteiger partial charge >= 0.3 is 5.97 Å². The fourth-order valence-electron chi connectivity index (χ4n) is 9.26. The monoisotopic (exact) mass is 1180 g/mol. The van der Waals surface area contributed by atoms with Gasteiger partial charge in [-0.1, -0.05) is 56.0 Å². The Bertz CT molecular complexity index is 3720. The lowest BCUT2D eigenvalue weighted by atomic mass is 10.0. The van der Waals surface area contributed by atoms with Crippen molar-refractivity contribution in [1.82, 2.24) is 39.7 Å². The minimum Gasteiger partial charge on any atom is -0.480 e. The normalized spacial score (nSPS) is 13.7. The van der Waals surface area contributed by atoms with Crippen molar-refractivity contribution < 1.29 is 33.9 Å². The second kappa shape index (κ2) is 30.8. The first-order valence-corrected chi connectivity index (χ1v) is 26.4. The number of aryl methyl sites for hydroxylation is 2. The Balaban J connectivity index is 0.000000281. The fraction of sp³-hybridized carbons (Fsp3) is 0.254. The van der Waals surface area contributed by atoms with E-state index in [9.17, 15) is 34.0 Å². The highest BCUT2D eigenvalue weighted by Gasteiger charge is 2.35. The van der Waals surface area contributed by atoms with Gasteiger partial charge in [0.25, 0.3) is 0 Å². The number of likely N-dealkylation sites (tertiary alicyclic amines) is 1. The van der Waals surface area contributed by atoms with E-state index in [1.807, 2.05) is 80.6 Å². The van der Waals surface area contributed by atoms with Gasteiger partial charge in [0.15, 0.2) is 11.6 Å². The molecule has 4 aromatic carbocycles. The summed E-state index contributed by atoms with van der Waals surface area (Å²) in [7, 11) is 0. The molecular weight excluding hydrogens is 1120 g/mol. The zero-order chi connectivity index (χ0) is 56.8. The average molecular weight is 1180 g/mol. The summed E-state index contributed by atoms with van der Waals surface area (Å²) in [4.78, 5) is 83.4. The van der Waals surface area contributed by atoms with Crippen molar-refractivity contribution in [2.45, 2.75) is 86.0 Å². The van der Waals surface area contributed by atoms with E-state index >= 15 is 0 Å². The smallest absolute Gasteiger partial charge is 0.325 e. The molecule has 2 saturated heterocycles. The van der Waals surface area contributed by atoms with Crippen molar-refractivity contribution in [2.75, 3.05) is 23.7 Å². The second-order valence-electron chi connectivity index (χ2n) is 18.6. The molecular formula is C59H61ClN12O7S3. The Morgan fingerprint density at radius 1 is 0.646 bits per heavy atom. The number of carbonyl (C=O) groups excluding carboxylic acids is 5. The van der Waals surface area contributed by atoms with Crippen LogP contribution in [-0.2, 0) is 54.6 Å². The molecule has 0 aliphatic carbocycles. The maximum atomic E-state index is 13.4. The number of hydrogen-bond donors (Lipinski definition) is 4. The lowest BCUT2D eigenvalue weighted by Gasteiger charge is -2.24. The van der Waals surface area contributed by atoms with Gasteiger partial charge in [-0.25, -0.2) is 9.97 Å². The highest BCUT2D eigenvalue weighted by Crippen LogP contribution is 2.30. The number of carboxylic acid groups (broad SMARTS) is 1. The van der Waals surface area contributed by atoms with Crippen LogP contribution in [0.3, 0.4) is 0 Å². The van der Waals surface area contributed by atoms with Crippen LogP contribution in [0.1, 0.15) is 90.4 Å². The Hall–Kier alpha value is -8.64. The summed E-state index contributed by atoms with van der Waals surface area (Å²) in [6.45, 7) is 7.58. The minimum atomic E-state index is -1.03. The van der Waals surface area contributed by atoms with Crippen LogP contribution < -0.4 is 16.0 Å². The number of fused-ring (bicyclic) bond motifs is 2. The number of hydrogen-bond acceptors (Lipinski definition) is 15. The van der Waals surface area contributed by atoms with Gasteiger partial charge in [-0.05, 0) is 141 Å². The lowest BCUT2D eigenvalue weighted by Crippen LogP contribution is -2.44. The summed E-state index contributed by atoms with van der Waals surface area (Å²) in [5.41, 5.74) is 7.88. The summed E-state index contributed by atoms with van der Waals surface area (Å²) in [5, 5.41) is 45.9. The van der Waals surface area contributed by atoms with Crippen LogP contribution in [0.25, 0.3) is 44.1 Å². The Kier molecular flexibility index (Phi) is 24.8. The molecule has 4 N–H and O–H groups in total. The van der Waals surface area contributed by atoms with E-state index < -0.39 is 12.0 Å². The van der Waals surface area contributed by atoms with Gasteiger partial charge < -0.3 is 26.0 Å². The molecule has 424 valence electrons. The van der Waals surface area contributed by atoms with Crippen LogP contribution in [0.5, 0.6) is 0 Å². The number of Topliss-reactive ketones (excluding diaryl/α,β-unsaturated/α-hetero) is 2. The van der Waals surface area contributed by atoms with E-state index in [2.05, 4.69) is 70.6 Å². The number of anilines is 2. The van der Waals surface area contributed by atoms with Crippen LogP contribution in [-0.4, -0.2) is 100.0 Å². The molecule has 0 bridgehead atoms. The molecule has 3 amide bonds. The maximum absolute atomic E-state index is 13.4. The zero-order valence-electron chi connectivity index (χ0n) is 44.5. The number of nitrogens with one attached hydrogen (secondary N) is 3. The molecule has 2 aliphatic heterocycles. The fourth-order valence-corrected chi connectivity index (χ4v) is 9.26. The Labute approximate surface area is 497 Å². The third-order valence-electron chi connectivity index (χ3n) is 12.9. The van der Waals surface area contributed by atoms with Crippen molar-refractivity contribution in [3.63, 3.8) is 0 Å². The van der Waals surface area contributed by atoms with Crippen LogP contribution >= 0.6 is 25.9 Å². The molecule has 6 heterocycles. The first-order chi connectivity index (χ1) is 38.1. The molecule has 0 unspecified atom stereocenters. The third kappa shape index (κ3) is 16.5. The molecule has 0 spiro atoms. The number of halogens is 1. The van der Waals surface area contributed by atoms with E-state index in [-0.39, 0.29) is 93.1 Å². The van der Waals surface area contributed by atoms with Gasteiger partial charge in [0.2, 0.25) is 17.7 Å². The van der Waals surface area contributed by atoms with Crippen molar-refractivity contribution in [1.29, 1.82) is 10.5 Å². The molecule has 0 radical (unpaired) electrons. The molecule has 2 aliphatic rings. The third-order valence-corrected chi connectivity index (χ3v) is 12.9. The van der Waals surface area contributed by atoms with Crippen LogP contribution in [0.15, 0.2) is 121 Å². The highest BCUT2D eigenvalue weighted by molar-refractivity contribution is 8.07. The molecule has 82 heavy (non-hydrogen) atoms. The minimum absolute atomic E-state index is 0. The van der Waals surface area contributed by atoms with Gasteiger partial charge in [0, 0.05) is 64.9 Å². The Morgan fingerprint density at radius 2 is 1.11 bits per heavy atom. The molecule has 2 fully saturated rings. The summed E-state index contributed by atoms with van der Waals surface area (Å²) in [6.07, 6.45) is 3.26. The molecule has 8 aromatic rings. The van der Waals surface area contributed by atoms with Crippen LogP contribution in [0.4, 0.5) is 11.6 Å². The molecule has 2 atom stereocenters. The number of carbonyl (C=O) groups is 6. The number of benzene rings is 4. The van der Waals surface area contributed by atoms with Crippen LogP contribution in [0.2, 0.25) is 0 Å². The summed E-state index contributed by atoms with van der Waals surface area (Å²) >= 11 is 7.33. The number of nitriles is 2. The standard InChI is InChI=1S/C29H26N6O3.C18H13N3O3.C11H15N3O.CH4.ClH.S2.H2S/c1-18-6-3-10-26(31-18)32-29(38)25-9-5-13-34(25)27(37)17-35-24-12-11-22(15-23(24)28(33-35)19(2)36)21-8-4-7-20(14-21)16-30;1-11(22)18-15-8-14(13-4-2-3-12(7-13)9-19)5-6-16(15)21(20-18)10-17(23)24;1-8-4-2-6-10(13-8)14-11(15)9-5-3-7-12-9;;;1-2;/h3-4,6-8,10-12,14-15,25H,5,9,13,17H2,1-2H3,(H,31,32,38);2-8H,10H2,1H3,(H,23,24);2,4,6,9,12H,3,5,7H2,1H3,(H,13,14,15);1H4;1H;;1H2/t25-;;9-;;;;/m0.0..../s1. The summed E-state index contributed by atoms with van der Waals surface area (Å²) < 4.78 is 2.84. The Morgan fingerprint density at radius 3 is 1.55 bits per heavy atom. The van der Waals surface area contributed by atoms with Crippen LogP contribution in [0, 0.1) is 36.5 Å². The number of carboxylic acids is 1. The van der Waals surface area contributed by atoms with Crippen molar-refractivity contribution >= 4 is 117 Å². The van der Waals surface area contributed by atoms with E-state index in [0.717, 1.165) is 59.4 Å². The summed E-state index contributed by atoms with van der Waals surface area (Å²) in [5.74, 6) is -0.882. The van der Waals surface area contributed by atoms with E-state index in [1.165, 1.54) is 23.2 Å².